The van der Waals surface area contributed by atoms with Gasteiger partial charge in [0.15, 0.2) is 5.69 Å². The summed E-state index contributed by atoms with van der Waals surface area (Å²) in [5.74, 6) is 0.921. The molecular weight excluding hydrogens is 412 g/mol. The van der Waals surface area contributed by atoms with E-state index in [2.05, 4.69) is 27.3 Å². The standard InChI is InChI=1S/C26H32N6O/c1-31(2)26-27-16-21(18-10-5-3-6-11-18)23(28-26)19-12-9-15-32(17-19)25(33)24-20-13-7-4-8-14-22(20)29-30-24/h3,5-6,10-11,16,19H,4,7-9,12-15,17H2,1-2H3,(H,29,30). The Morgan fingerprint density at radius 3 is 2.73 bits per heavy atom. The number of aromatic nitrogens is 4. The molecule has 1 atom stereocenters. The van der Waals surface area contributed by atoms with Gasteiger partial charge in [0.2, 0.25) is 5.95 Å². The second-order valence-corrected chi connectivity index (χ2v) is 9.41. The fourth-order valence-electron chi connectivity index (χ4n) is 5.12. The van der Waals surface area contributed by atoms with Crippen molar-refractivity contribution >= 4 is 11.9 Å². The van der Waals surface area contributed by atoms with Gasteiger partial charge in [-0.1, -0.05) is 36.8 Å². The summed E-state index contributed by atoms with van der Waals surface area (Å²) in [5.41, 5.74) is 6.11. The van der Waals surface area contributed by atoms with Gasteiger partial charge in [-0.2, -0.15) is 5.10 Å². The number of piperidine rings is 1. The fraction of sp³-hybridized carbons (Fsp3) is 0.462. The van der Waals surface area contributed by atoms with Gasteiger partial charge in [-0.25, -0.2) is 9.97 Å². The molecule has 1 amide bonds. The maximum atomic E-state index is 13.6. The first-order valence-corrected chi connectivity index (χ1v) is 12.1. The number of likely N-dealkylation sites (tertiary alicyclic amines) is 1. The van der Waals surface area contributed by atoms with Gasteiger partial charge in [-0.3, -0.25) is 9.89 Å². The van der Waals surface area contributed by atoms with E-state index in [1.165, 1.54) is 12.8 Å². The van der Waals surface area contributed by atoms with Gasteiger partial charge in [0.1, 0.15) is 0 Å². The van der Waals surface area contributed by atoms with Crippen LogP contribution in [0.5, 0.6) is 0 Å². The van der Waals surface area contributed by atoms with Crippen molar-refractivity contribution in [1.29, 1.82) is 0 Å². The largest absolute Gasteiger partial charge is 0.347 e. The number of fused-ring (bicyclic) bond motifs is 1. The highest BCUT2D eigenvalue weighted by Crippen LogP contribution is 2.34. The van der Waals surface area contributed by atoms with Gasteiger partial charge >= 0.3 is 0 Å². The summed E-state index contributed by atoms with van der Waals surface area (Å²) in [6.45, 7) is 1.42. The molecule has 5 rings (SSSR count). The van der Waals surface area contributed by atoms with Crippen LogP contribution in [0.3, 0.4) is 0 Å². The Hall–Kier alpha value is -3.22. The molecule has 0 spiro atoms. The quantitative estimate of drug-likeness (QED) is 0.610. The van der Waals surface area contributed by atoms with Crippen LogP contribution in [-0.4, -0.2) is 58.2 Å². The number of H-pyrrole nitrogens is 1. The van der Waals surface area contributed by atoms with E-state index >= 15 is 0 Å². The number of anilines is 1. The first-order chi connectivity index (χ1) is 16.1. The Morgan fingerprint density at radius 1 is 1.09 bits per heavy atom. The third-order valence-corrected chi connectivity index (χ3v) is 6.89. The molecule has 1 aliphatic carbocycles. The molecule has 3 heterocycles. The Kier molecular flexibility index (Phi) is 6.11. The van der Waals surface area contributed by atoms with Crippen LogP contribution < -0.4 is 4.90 Å². The number of nitrogens with one attached hydrogen (secondary N) is 1. The SMILES string of the molecule is CN(C)c1ncc(-c2ccccc2)c(C2CCCN(C(=O)c3n[nH]c4c3CCCCC4)C2)n1. The van der Waals surface area contributed by atoms with E-state index in [1.807, 2.05) is 48.3 Å². The summed E-state index contributed by atoms with van der Waals surface area (Å²) in [6, 6.07) is 10.3. The zero-order chi connectivity index (χ0) is 22.8. The molecule has 3 aromatic rings. The normalized spacial score (nSPS) is 18.5. The molecule has 7 nitrogen and oxygen atoms in total. The molecular formula is C26H32N6O. The van der Waals surface area contributed by atoms with Gasteiger partial charge in [-0.15, -0.1) is 0 Å². The summed E-state index contributed by atoms with van der Waals surface area (Å²) >= 11 is 0. The van der Waals surface area contributed by atoms with Crippen molar-refractivity contribution in [1.82, 2.24) is 25.1 Å². The number of aromatic amines is 1. The lowest BCUT2D eigenvalue weighted by Gasteiger charge is -2.33. The van der Waals surface area contributed by atoms with Crippen LogP contribution in [0.4, 0.5) is 5.95 Å². The molecule has 33 heavy (non-hydrogen) atoms. The molecule has 1 N–H and O–H groups in total. The Labute approximate surface area is 195 Å². The van der Waals surface area contributed by atoms with Crippen molar-refractivity contribution in [2.45, 2.75) is 50.9 Å². The molecule has 1 aromatic carbocycles. The summed E-state index contributed by atoms with van der Waals surface area (Å²) in [4.78, 5) is 27.0. The summed E-state index contributed by atoms with van der Waals surface area (Å²) < 4.78 is 0. The number of carbonyl (C=O) groups is 1. The molecule has 1 unspecified atom stereocenters. The van der Waals surface area contributed by atoms with E-state index in [1.54, 1.807) is 0 Å². The van der Waals surface area contributed by atoms with Gasteiger partial charge in [0.05, 0.1) is 5.69 Å². The fourth-order valence-corrected chi connectivity index (χ4v) is 5.12. The van der Waals surface area contributed by atoms with Crippen LogP contribution in [0.1, 0.15) is 65.5 Å². The van der Waals surface area contributed by atoms with Gasteiger partial charge in [0.25, 0.3) is 5.91 Å². The molecule has 0 bridgehead atoms. The number of nitrogens with zero attached hydrogens (tertiary/aromatic N) is 5. The molecule has 2 aromatic heterocycles. The minimum atomic E-state index is 0.0576. The minimum absolute atomic E-state index is 0.0576. The zero-order valence-electron chi connectivity index (χ0n) is 19.5. The topological polar surface area (TPSA) is 78.0 Å². The average molecular weight is 445 g/mol. The molecule has 2 aliphatic rings. The van der Waals surface area contributed by atoms with E-state index in [9.17, 15) is 4.79 Å². The Morgan fingerprint density at radius 2 is 1.91 bits per heavy atom. The van der Waals surface area contributed by atoms with Crippen molar-refractivity contribution in [3.63, 3.8) is 0 Å². The summed E-state index contributed by atoms with van der Waals surface area (Å²) in [7, 11) is 3.92. The van der Waals surface area contributed by atoms with E-state index in [-0.39, 0.29) is 11.8 Å². The maximum Gasteiger partial charge on any atom is 0.274 e. The molecule has 172 valence electrons. The van der Waals surface area contributed by atoms with E-state index < -0.39 is 0 Å². The number of aryl methyl sites for hydroxylation is 1. The van der Waals surface area contributed by atoms with Crippen molar-refractivity contribution < 1.29 is 4.79 Å². The number of hydrogen-bond acceptors (Lipinski definition) is 5. The average Bonchev–Trinajstić information content (AvgIpc) is 3.11. The maximum absolute atomic E-state index is 13.6. The molecule has 0 saturated carbocycles. The van der Waals surface area contributed by atoms with Crippen molar-refractivity contribution in [2.75, 3.05) is 32.1 Å². The van der Waals surface area contributed by atoms with Gasteiger partial charge < -0.3 is 9.80 Å². The van der Waals surface area contributed by atoms with Gasteiger partial charge in [0, 0.05) is 56.1 Å². The van der Waals surface area contributed by atoms with Crippen molar-refractivity contribution in [3.05, 3.63) is 59.2 Å². The second kappa shape index (κ2) is 9.33. The van der Waals surface area contributed by atoms with Crippen LogP contribution in [0.15, 0.2) is 36.5 Å². The first kappa shape index (κ1) is 21.6. The third kappa shape index (κ3) is 4.36. The van der Waals surface area contributed by atoms with Gasteiger partial charge in [-0.05, 0) is 44.1 Å². The molecule has 1 aliphatic heterocycles. The predicted octanol–water partition coefficient (Wildman–Crippen LogP) is 4.22. The van der Waals surface area contributed by atoms with Crippen LogP contribution in [-0.2, 0) is 12.8 Å². The summed E-state index contributed by atoms with van der Waals surface area (Å²) in [5, 5.41) is 7.62. The molecule has 1 fully saturated rings. The number of benzene rings is 1. The van der Waals surface area contributed by atoms with Crippen LogP contribution in [0, 0.1) is 0 Å². The lowest BCUT2D eigenvalue weighted by atomic mass is 9.89. The number of carbonyl (C=O) groups excluding carboxylic acids is 1. The smallest absolute Gasteiger partial charge is 0.274 e. The lowest BCUT2D eigenvalue weighted by molar-refractivity contribution is 0.0699. The highest BCUT2D eigenvalue weighted by molar-refractivity contribution is 5.94. The monoisotopic (exact) mass is 444 g/mol. The highest BCUT2D eigenvalue weighted by atomic mass is 16.2. The van der Waals surface area contributed by atoms with E-state index in [4.69, 9.17) is 4.98 Å². The van der Waals surface area contributed by atoms with Crippen LogP contribution in [0.25, 0.3) is 11.1 Å². The van der Waals surface area contributed by atoms with Crippen LogP contribution >= 0.6 is 0 Å². The molecule has 0 radical (unpaired) electrons. The minimum Gasteiger partial charge on any atom is -0.347 e. The molecule has 1 saturated heterocycles. The van der Waals surface area contributed by atoms with Crippen LogP contribution in [0.2, 0.25) is 0 Å². The predicted molar refractivity (Wildman–Crippen MR) is 130 cm³/mol. The first-order valence-electron chi connectivity index (χ1n) is 12.1. The number of rotatable bonds is 4. The summed E-state index contributed by atoms with van der Waals surface area (Å²) in [6.07, 6.45) is 9.34. The second-order valence-electron chi connectivity index (χ2n) is 9.41. The lowest BCUT2D eigenvalue weighted by Crippen LogP contribution is -2.40. The number of hydrogen-bond donors (Lipinski definition) is 1. The third-order valence-electron chi connectivity index (χ3n) is 6.89. The van der Waals surface area contributed by atoms with E-state index in [0.29, 0.717) is 18.2 Å². The number of amides is 1. The van der Waals surface area contributed by atoms with Crippen molar-refractivity contribution in [3.8, 4) is 11.1 Å². The van der Waals surface area contributed by atoms with Crippen molar-refractivity contribution in [2.24, 2.45) is 0 Å². The molecule has 7 heteroatoms. The Bertz CT molecular complexity index is 1120. The van der Waals surface area contributed by atoms with E-state index in [0.717, 1.165) is 66.7 Å². The zero-order valence-corrected chi connectivity index (χ0v) is 19.5. The highest BCUT2D eigenvalue weighted by Gasteiger charge is 2.31. The Balaban J connectivity index is 1.45.